The molecule has 0 unspecified atom stereocenters. The van der Waals surface area contributed by atoms with Crippen LogP contribution in [0.3, 0.4) is 0 Å². The summed E-state index contributed by atoms with van der Waals surface area (Å²) in [5, 5.41) is 3.46. The van der Waals surface area contributed by atoms with Crippen molar-refractivity contribution in [3.05, 3.63) is 34.9 Å². The van der Waals surface area contributed by atoms with Gasteiger partial charge in [-0.05, 0) is 62.6 Å². The number of hydrogen-bond acceptors (Lipinski definition) is 3. The van der Waals surface area contributed by atoms with E-state index in [2.05, 4.69) is 40.4 Å². The number of fused-ring (bicyclic) bond motifs is 1. The van der Waals surface area contributed by atoms with Crippen LogP contribution >= 0.6 is 0 Å². The van der Waals surface area contributed by atoms with E-state index in [1.54, 1.807) is 0 Å². The van der Waals surface area contributed by atoms with Crippen LogP contribution in [-0.2, 0) is 19.5 Å². The second-order valence-electron chi connectivity index (χ2n) is 6.32. The first-order valence-electron chi connectivity index (χ1n) is 8.03. The van der Waals surface area contributed by atoms with Crippen molar-refractivity contribution in [2.24, 2.45) is 0 Å². The standard InChI is InChI=1S/C17H27N3/c1-19(10-11-20-8-2-3-9-20)14-15-4-5-16-6-7-18-13-17(16)12-15/h4-5,12,18H,2-3,6-11,13-14H2,1H3. The van der Waals surface area contributed by atoms with Crippen LogP contribution in [0.4, 0.5) is 0 Å². The lowest BCUT2D eigenvalue weighted by atomic mass is 9.98. The molecule has 0 amide bonds. The minimum Gasteiger partial charge on any atom is -0.312 e. The van der Waals surface area contributed by atoms with Gasteiger partial charge in [-0.2, -0.15) is 0 Å². The molecule has 3 rings (SSSR count). The molecule has 0 aromatic heterocycles. The summed E-state index contributed by atoms with van der Waals surface area (Å²) >= 11 is 0. The summed E-state index contributed by atoms with van der Waals surface area (Å²) in [5.41, 5.74) is 4.49. The second kappa shape index (κ2) is 6.70. The molecule has 0 aliphatic carbocycles. The van der Waals surface area contributed by atoms with E-state index in [1.165, 1.54) is 62.1 Å². The van der Waals surface area contributed by atoms with Crippen LogP contribution in [0.2, 0.25) is 0 Å². The lowest BCUT2D eigenvalue weighted by molar-refractivity contribution is 0.252. The molecule has 0 saturated carbocycles. The predicted molar refractivity (Wildman–Crippen MR) is 83.9 cm³/mol. The normalized spacial score (nSPS) is 19.5. The van der Waals surface area contributed by atoms with Crippen molar-refractivity contribution in [2.75, 3.05) is 39.8 Å². The molecule has 20 heavy (non-hydrogen) atoms. The lowest BCUT2D eigenvalue weighted by Gasteiger charge is -2.23. The van der Waals surface area contributed by atoms with E-state index in [-0.39, 0.29) is 0 Å². The highest BCUT2D eigenvalue weighted by Gasteiger charge is 2.13. The molecular formula is C17H27N3. The monoisotopic (exact) mass is 273 g/mol. The van der Waals surface area contributed by atoms with Crippen molar-refractivity contribution in [1.29, 1.82) is 0 Å². The Morgan fingerprint density at radius 2 is 2.05 bits per heavy atom. The Morgan fingerprint density at radius 3 is 2.90 bits per heavy atom. The summed E-state index contributed by atoms with van der Waals surface area (Å²) in [4.78, 5) is 5.05. The topological polar surface area (TPSA) is 18.5 Å². The van der Waals surface area contributed by atoms with E-state index in [0.29, 0.717) is 0 Å². The summed E-state index contributed by atoms with van der Waals surface area (Å²) in [6.45, 7) is 8.25. The quantitative estimate of drug-likeness (QED) is 0.883. The van der Waals surface area contributed by atoms with Crippen LogP contribution in [0, 0.1) is 0 Å². The molecule has 3 nitrogen and oxygen atoms in total. The molecule has 2 aliphatic rings. The summed E-state index contributed by atoms with van der Waals surface area (Å²) < 4.78 is 0. The van der Waals surface area contributed by atoms with Crippen molar-refractivity contribution in [3.63, 3.8) is 0 Å². The van der Waals surface area contributed by atoms with Gasteiger partial charge < -0.3 is 15.1 Å². The van der Waals surface area contributed by atoms with Crippen LogP contribution < -0.4 is 5.32 Å². The molecule has 1 N–H and O–H groups in total. The largest absolute Gasteiger partial charge is 0.312 e. The van der Waals surface area contributed by atoms with Crippen molar-refractivity contribution < 1.29 is 0 Å². The average Bonchev–Trinajstić information content (AvgIpc) is 2.98. The fourth-order valence-corrected chi connectivity index (χ4v) is 3.34. The predicted octanol–water partition coefficient (Wildman–Crippen LogP) is 1.86. The summed E-state index contributed by atoms with van der Waals surface area (Å²) in [6.07, 6.45) is 3.96. The second-order valence-corrected chi connectivity index (χ2v) is 6.32. The molecule has 0 atom stereocenters. The van der Waals surface area contributed by atoms with Gasteiger partial charge in [-0.3, -0.25) is 0 Å². The first kappa shape index (κ1) is 14.1. The van der Waals surface area contributed by atoms with E-state index >= 15 is 0 Å². The minimum atomic E-state index is 1.04. The van der Waals surface area contributed by atoms with Crippen LogP contribution in [0.1, 0.15) is 29.5 Å². The summed E-state index contributed by atoms with van der Waals surface area (Å²) in [6, 6.07) is 7.05. The molecule has 1 saturated heterocycles. The van der Waals surface area contributed by atoms with Crippen LogP contribution in [0.15, 0.2) is 18.2 Å². The van der Waals surface area contributed by atoms with Gasteiger partial charge in [0.15, 0.2) is 0 Å². The van der Waals surface area contributed by atoms with Gasteiger partial charge in [0.2, 0.25) is 0 Å². The molecule has 1 fully saturated rings. The number of likely N-dealkylation sites (tertiary alicyclic amines) is 1. The van der Waals surface area contributed by atoms with Crippen LogP contribution in [0.5, 0.6) is 0 Å². The molecule has 2 heterocycles. The van der Waals surface area contributed by atoms with Gasteiger partial charge in [0.25, 0.3) is 0 Å². The maximum absolute atomic E-state index is 3.46. The molecule has 110 valence electrons. The zero-order valence-electron chi connectivity index (χ0n) is 12.7. The third-order valence-corrected chi connectivity index (χ3v) is 4.61. The minimum absolute atomic E-state index is 1.04. The Labute approximate surface area is 123 Å². The van der Waals surface area contributed by atoms with E-state index in [1.807, 2.05) is 0 Å². The molecule has 2 aliphatic heterocycles. The van der Waals surface area contributed by atoms with E-state index < -0.39 is 0 Å². The molecule has 1 aromatic carbocycles. The van der Waals surface area contributed by atoms with Crippen LogP contribution in [0.25, 0.3) is 0 Å². The summed E-state index contributed by atoms with van der Waals surface area (Å²) in [5.74, 6) is 0. The Hall–Kier alpha value is -0.900. The highest BCUT2D eigenvalue weighted by molar-refractivity contribution is 5.33. The number of nitrogens with one attached hydrogen (secondary N) is 1. The molecule has 3 heteroatoms. The van der Waals surface area contributed by atoms with Crippen molar-refractivity contribution in [1.82, 2.24) is 15.1 Å². The van der Waals surface area contributed by atoms with Gasteiger partial charge in [-0.15, -0.1) is 0 Å². The Morgan fingerprint density at radius 1 is 1.20 bits per heavy atom. The molecule has 0 radical (unpaired) electrons. The number of nitrogens with zero attached hydrogens (tertiary/aromatic N) is 2. The number of rotatable bonds is 5. The van der Waals surface area contributed by atoms with Crippen molar-refractivity contribution in [2.45, 2.75) is 32.4 Å². The Bertz CT molecular complexity index is 438. The molecule has 0 bridgehead atoms. The molecule has 0 spiro atoms. The fourth-order valence-electron chi connectivity index (χ4n) is 3.34. The van der Waals surface area contributed by atoms with Gasteiger partial charge in [-0.1, -0.05) is 18.2 Å². The zero-order valence-corrected chi connectivity index (χ0v) is 12.7. The Kier molecular flexibility index (Phi) is 4.71. The van der Waals surface area contributed by atoms with E-state index in [0.717, 1.165) is 19.6 Å². The number of benzene rings is 1. The van der Waals surface area contributed by atoms with E-state index in [4.69, 9.17) is 0 Å². The maximum atomic E-state index is 3.46. The first-order chi connectivity index (χ1) is 9.81. The van der Waals surface area contributed by atoms with Gasteiger partial charge >= 0.3 is 0 Å². The van der Waals surface area contributed by atoms with Gasteiger partial charge in [0.1, 0.15) is 0 Å². The average molecular weight is 273 g/mol. The SMILES string of the molecule is CN(CCN1CCCC1)Cc1ccc2c(c1)CNCC2. The smallest absolute Gasteiger partial charge is 0.0231 e. The number of likely N-dealkylation sites (N-methyl/N-ethyl adjacent to an activating group) is 1. The Balaban J connectivity index is 1.51. The lowest BCUT2D eigenvalue weighted by Crippen LogP contribution is -2.31. The summed E-state index contributed by atoms with van der Waals surface area (Å²) in [7, 11) is 2.24. The van der Waals surface area contributed by atoms with Gasteiger partial charge in [0.05, 0.1) is 0 Å². The molecular weight excluding hydrogens is 246 g/mol. The van der Waals surface area contributed by atoms with Gasteiger partial charge in [0, 0.05) is 26.2 Å². The first-order valence-corrected chi connectivity index (χ1v) is 8.03. The highest BCUT2D eigenvalue weighted by atomic mass is 15.2. The fraction of sp³-hybridized carbons (Fsp3) is 0.647. The van der Waals surface area contributed by atoms with Crippen molar-refractivity contribution >= 4 is 0 Å². The third-order valence-electron chi connectivity index (χ3n) is 4.61. The third kappa shape index (κ3) is 3.60. The van der Waals surface area contributed by atoms with Crippen molar-refractivity contribution in [3.8, 4) is 0 Å². The zero-order chi connectivity index (χ0) is 13.8. The number of hydrogen-bond donors (Lipinski definition) is 1. The van der Waals surface area contributed by atoms with E-state index in [9.17, 15) is 0 Å². The van der Waals surface area contributed by atoms with Gasteiger partial charge in [-0.25, -0.2) is 0 Å². The maximum Gasteiger partial charge on any atom is 0.0231 e. The molecule has 1 aromatic rings. The van der Waals surface area contributed by atoms with Crippen LogP contribution in [-0.4, -0.2) is 49.6 Å². The highest BCUT2D eigenvalue weighted by Crippen LogP contribution is 2.17.